The molecule has 1 saturated carbocycles. The fourth-order valence-corrected chi connectivity index (χ4v) is 6.19. The molecule has 5 rings (SSSR count). The van der Waals surface area contributed by atoms with E-state index in [9.17, 15) is 10.0 Å². The third-order valence-electron chi connectivity index (χ3n) is 7.58. The lowest BCUT2D eigenvalue weighted by molar-refractivity contribution is -0.156. The lowest BCUT2D eigenvalue weighted by Crippen LogP contribution is -2.56. The van der Waals surface area contributed by atoms with E-state index in [2.05, 4.69) is 21.1 Å². The van der Waals surface area contributed by atoms with Crippen molar-refractivity contribution in [3.63, 3.8) is 0 Å². The third-order valence-corrected chi connectivity index (χ3v) is 7.58. The Bertz CT molecular complexity index is 1040. The number of fused-ring (bicyclic) bond motifs is 6. The summed E-state index contributed by atoms with van der Waals surface area (Å²) in [6.45, 7) is 1.83. The number of aromatic amines is 1. The highest BCUT2D eigenvalue weighted by atomic mass is 35.5. The van der Waals surface area contributed by atoms with Crippen LogP contribution in [-0.2, 0) is 20.7 Å². The molecule has 0 radical (unpaired) electrons. The van der Waals surface area contributed by atoms with Crippen molar-refractivity contribution in [1.29, 1.82) is 0 Å². The molecule has 0 unspecified atom stereocenters. The number of nitrogens with zero attached hydrogens (tertiary/aromatic N) is 2. The Morgan fingerprint density at radius 1 is 1.28 bits per heavy atom. The Kier molecular flexibility index (Phi) is 6.38. The van der Waals surface area contributed by atoms with Gasteiger partial charge >= 0.3 is 5.97 Å². The molecule has 2 fully saturated rings. The number of rotatable bonds is 3. The molecule has 3 heterocycles. The molecular formula is C23H30ClN3O5. The predicted octanol–water partition coefficient (Wildman–Crippen LogP) is 3.17. The molecule has 9 heteroatoms. The van der Waals surface area contributed by atoms with Gasteiger partial charge in [-0.25, -0.2) is 0 Å². The van der Waals surface area contributed by atoms with Gasteiger partial charge in [0.15, 0.2) is 0 Å². The summed E-state index contributed by atoms with van der Waals surface area (Å²) < 4.78 is 16.2. The van der Waals surface area contributed by atoms with Gasteiger partial charge in [-0.3, -0.25) is 9.69 Å². The molecule has 32 heavy (non-hydrogen) atoms. The van der Waals surface area contributed by atoms with Crippen molar-refractivity contribution in [2.45, 2.75) is 31.4 Å². The van der Waals surface area contributed by atoms with Gasteiger partial charge in [0, 0.05) is 42.9 Å². The monoisotopic (exact) mass is 463 g/mol. The minimum Gasteiger partial charge on any atom is -0.497 e. The van der Waals surface area contributed by atoms with Gasteiger partial charge in [-0.05, 0) is 48.8 Å². The molecule has 2 aromatic rings. The maximum absolute atomic E-state index is 12.8. The largest absolute Gasteiger partial charge is 0.497 e. The van der Waals surface area contributed by atoms with Crippen molar-refractivity contribution < 1.29 is 24.2 Å². The zero-order chi connectivity index (χ0) is 21.7. The molecule has 1 aromatic heterocycles. The first-order chi connectivity index (χ1) is 15.1. The SMILES string of the molecule is COC(=O)[C@H]1[C@H]2C[C@@H]3c4[nH]c5cc(OC)ccc5c4CCN3C[C@H]2C/C(=N/O)[C@@H]1OC.Cl. The Morgan fingerprint density at radius 2 is 2.09 bits per heavy atom. The van der Waals surface area contributed by atoms with Crippen LogP contribution in [0.25, 0.3) is 10.9 Å². The Morgan fingerprint density at radius 3 is 2.78 bits per heavy atom. The van der Waals surface area contributed by atoms with Gasteiger partial charge in [0.25, 0.3) is 0 Å². The van der Waals surface area contributed by atoms with E-state index < -0.39 is 12.0 Å². The highest BCUT2D eigenvalue weighted by molar-refractivity contribution is 5.94. The fraction of sp³-hybridized carbons (Fsp3) is 0.565. The topological polar surface area (TPSA) is 96.4 Å². The smallest absolute Gasteiger partial charge is 0.312 e. The number of aromatic nitrogens is 1. The summed E-state index contributed by atoms with van der Waals surface area (Å²) >= 11 is 0. The van der Waals surface area contributed by atoms with Gasteiger partial charge < -0.3 is 24.4 Å². The first kappa shape index (κ1) is 22.9. The van der Waals surface area contributed by atoms with Crippen LogP contribution in [0.5, 0.6) is 5.75 Å². The first-order valence-electron chi connectivity index (χ1n) is 10.8. The lowest BCUT2D eigenvalue weighted by atomic mass is 9.64. The molecule has 0 bridgehead atoms. The second kappa shape index (κ2) is 8.92. The quantitative estimate of drug-likeness (QED) is 0.412. The normalized spacial score (nSPS) is 30.7. The number of esters is 1. The number of H-pyrrole nitrogens is 1. The third kappa shape index (κ3) is 3.45. The summed E-state index contributed by atoms with van der Waals surface area (Å²) in [6, 6.07) is 6.40. The minimum atomic E-state index is -0.555. The second-order valence-electron chi connectivity index (χ2n) is 8.85. The highest BCUT2D eigenvalue weighted by Gasteiger charge is 2.52. The molecule has 8 nitrogen and oxygen atoms in total. The van der Waals surface area contributed by atoms with Gasteiger partial charge in [-0.1, -0.05) is 5.16 Å². The molecule has 174 valence electrons. The van der Waals surface area contributed by atoms with Crippen LogP contribution in [0.1, 0.15) is 30.1 Å². The summed E-state index contributed by atoms with van der Waals surface area (Å²) in [7, 11) is 4.65. The van der Waals surface area contributed by atoms with Crippen molar-refractivity contribution in [3.05, 3.63) is 29.5 Å². The van der Waals surface area contributed by atoms with Gasteiger partial charge in [0.1, 0.15) is 11.9 Å². The van der Waals surface area contributed by atoms with E-state index in [1.54, 1.807) is 14.2 Å². The van der Waals surface area contributed by atoms with Crippen molar-refractivity contribution in [1.82, 2.24) is 9.88 Å². The fourth-order valence-electron chi connectivity index (χ4n) is 6.19. The van der Waals surface area contributed by atoms with E-state index in [0.29, 0.717) is 12.1 Å². The Labute approximate surface area is 193 Å². The number of hydrogen-bond acceptors (Lipinski definition) is 7. The number of carbonyl (C=O) groups excluding carboxylic acids is 1. The van der Waals surface area contributed by atoms with Crippen LogP contribution in [0, 0.1) is 17.8 Å². The first-order valence-corrected chi connectivity index (χ1v) is 10.8. The number of piperidine rings is 1. The Balaban J connectivity index is 0.00000245. The standard InChI is InChI=1S/C23H29N3O5.ClH/c1-29-13-4-5-14-15-6-7-26-11-12-8-18(25-28)22(30-2)20(23(27)31-3)16(12)10-19(26)21(15)24-17(14)9-13;/h4-5,9,12,16,19-20,22,24,28H,6-8,10-11H2,1-3H3;1H/b25-18-;/t12-,16+,19-,20+,22+;/m1./s1. The minimum absolute atomic E-state index is 0. The zero-order valence-corrected chi connectivity index (χ0v) is 19.4. The van der Waals surface area contributed by atoms with E-state index in [4.69, 9.17) is 14.2 Å². The molecule has 2 aliphatic heterocycles. The van der Waals surface area contributed by atoms with Gasteiger partial charge in [-0.15, -0.1) is 12.4 Å². The van der Waals surface area contributed by atoms with Crippen LogP contribution in [0.15, 0.2) is 23.4 Å². The molecule has 1 aromatic carbocycles. The number of ether oxygens (including phenoxy) is 3. The molecule has 2 N–H and O–H groups in total. The van der Waals surface area contributed by atoms with E-state index >= 15 is 0 Å². The van der Waals surface area contributed by atoms with Crippen LogP contribution < -0.4 is 4.74 Å². The summed E-state index contributed by atoms with van der Waals surface area (Å²) in [5, 5.41) is 14.3. The highest BCUT2D eigenvalue weighted by Crippen LogP contribution is 2.49. The van der Waals surface area contributed by atoms with Crippen molar-refractivity contribution >= 4 is 35.0 Å². The number of nitrogens with one attached hydrogen (secondary N) is 1. The number of halogens is 1. The molecule has 3 aliphatic rings. The maximum Gasteiger partial charge on any atom is 0.312 e. The van der Waals surface area contributed by atoms with Crippen LogP contribution in [0.3, 0.4) is 0 Å². The van der Waals surface area contributed by atoms with E-state index in [-0.39, 0.29) is 36.3 Å². The van der Waals surface area contributed by atoms with Crippen molar-refractivity contribution in [2.24, 2.45) is 22.9 Å². The summed E-state index contributed by atoms with van der Waals surface area (Å²) in [4.78, 5) is 19.0. The van der Waals surface area contributed by atoms with E-state index in [1.165, 1.54) is 23.8 Å². The molecule has 5 atom stereocenters. The average molecular weight is 464 g/mol. The van der Waals surface area contributed by atoms with Gasteiger partial charge in [0.2, 0.25) is 0 Å². The molecule has 1 aliphatic carbocycles. The zero-order valence-electron chi connectivity index (χ0n) is 18.5. The van der Waals surface area contributed by atoms with E-state index in [1.807, 2.05) is 12.1 Å². The van der Waals surface area contributed by atoms with Crippen LogP contribution in [-0.4, -0.2) is 67.3 Å². The lowest BCUT2D eigenvalue weighted by Gasteiger charge is -2.51. The van der Waals surface area contributed by atoms with Crippen LogP contribution >= 0.6 is 12.4 Å². The van der Waals surface area contributed by atoms with Crippen molar-refractivity contribution in [3.8, 4) is 5.75 Å². The average Bonchev–Trinajstić information content (AvgIpc) is 3.19. The van der Waals surface area contributed by atoms with Crippen LogP contribution in [0.4, 0.5) is 0 Å². The van der Waals surface area contributed by atoms with Crippen LogP contribution in [0.2, 0.25) is 0 Å². The Hall–Kier alpha value is -2.29. The molecular weight excluding hydrogens is 434 g/mol. The molecule has 0 amide bonds. The number of benzene rings is 1. The maximum atomic E-state index is 12.8. The molecule has 0 spiro atoms. The van der Waals surface area contributed by atoms with Gasteiger partial charge in [0.05, 0.1) is 31.9 Å². The number of carbonyl (C=O) groups is 1. The van der Waals surface area contributed by atoms with E-state index in [0.717, 1.165) is 37.2 Å². The second-order valence-corrected chi connectivity index (χ2v) is 8.85. The summed E-state index contributed by atoms with van der Waals surface area (Å²) in [5.74, 6) is 0.383. The number of oxime groups is 1. The summed E-state index contributed by atoms with van der Waals surface area (Å²) in [5.41, 5.74) is 4.23. The number of methoxy groups -OCH3 is 3. The number of hydrogen-bond donors (Lipinski definition) is 2. The van der Waals surface area contributed by atoms with Gasteiger partial charge in [-0.2, -0.15) is 0 Å². The predicted molar refractivity (Wildman–Crippen MR) is 122 cm³/mol. The van der Waals surface area contributed by atoms with Crippen molar-refractivity contribution in [2.75, 3.05) is 34.4 Å². The molecule has 1 saturated heterocycles. The summed E-state index contributed by atoms with van der Waals surface area (Å²) in [6.07, 6.45) is 1.89.